The molecular formula is C25H47N5O8. The van der Waals surface area contributed by atoms with Gasteiger partial charge in [0.05, 0.1) is 39.1 Å². The molecule has 0 rings (SSSR count). The molecule has 2 amide bonds. The molecule has 38 heavy (non-hydrogen) atoms. The molecular weight excluding hydrogens is 498 g/mol. The van der Waals surface area contributed by atoms with Gasteiger partial charge in [0.15, 0.2) is 5.78 Å². The number of carbonyl (C=O) groups excluding carboxylic acids is 3. The van der Waals surface area contributed by atoms with Crippen molar-refractivity contribution in [1.82, 2.24) is 10.6 Å². The second-order valence-electron chi connectivity index (χ2n) is 10.5. The first-order valence-electron chi connectivity index (χ1n) is 13.1. The third-order valence-electron chi connectivity index (χ3n) is 4.52. The predicted octanol–water partition coefficient (Wildman–Crippen LogP) is 4.28. The molecule has 0 radical (unpaired) electrons. The fraction of sp³-hybridized carbons (Fsp3) is 0.880. The molecule has 2 N–H and O–H groups in total. The fourth-order valence-electron chi connectivity index (χ4n) is 2.96. The second kappa shape index (κ2) is 20.4. The molecule has 0 heterocycles. The Hall–Kier alpha value is -2.60. The number of ether oxygens (including phenoxy) is 5. The Morgan fingerprint density at radius 2 is 1.34 bits per heavy atom. The first-order chi connectivity index (χ1) is 17.8. The maximum absolute atomic E-state index is 12.8. The molecule has 0 aromatic heterocycles. The van der Waals surface area contributed by atoms with Crippen molar-refractivity contribution in [3.05, 3.63) is 10.4 Å². The van der Waals surface area contributed by atoms with Gasteiger partial charge in [0.25, 0.3) is 0 Å². The van der Waals surface area contributed by atoms with Gasteiger partial charge in [-0.1, -0.05) is 5.11 Å². The highest BCUT2D eigenvalue weighted by molar-refractivity contribution is 5.87. The highest BCUT2D eigenvalue weighted by atomic mass is 16.6. The van der Waals surface area contributed by atoms with Crippen molar-refractivity contribution in [3.8, 4) is 0 Å². The summed E-state index contributed by atoms with van der Waals surface area (Å²) in [5.41, 5.74) is 6.91. The van der Waals surface area contributed by atoms with Crippen molar-refractivity contribution in [2.75, 3.05) is 52.7 Å². The van der Waals surface area contributed by atoms with E-state index in [2.05, 4.69) is 20.7 Å². The number of azide groups is 1. The lowest BCUT2D eigenvalue weighted by Gasteiger charge is -2.23. The molecule has 0 aromatic carbocycles. The van der Waals surface area contributed by atoms with E-state index in [1.165, 1.54) is 0 Å². The van der Waals surface area contributed by atoms with Crippen LogP contribution in [0, 0.1) is 0 Å². The summed E-state index contributed by atoms with van der Waals surface area (Å²) in [4.78, 5) is 39.4. The van der Waals surface area contributed by atoms with Crippen LogP contribution in [0.4, 0.5) is 9.59 Å². The summed E-state index contributed by atoms with van der Waals surface area (Å²) in [6.45, 7) is 13.7. The number of amides is 2. The Morgan fingerprint density at radius 3 is 1.92 bits per heavy atom. The van der Waals surface area contributed by atoms with Crippen LogP contribution in [0.3, 0.4) is 0 Å². The van der Waals surface area contributed by atoms with E-state index in [0.29, 0.717) is 71.9 Å². The average Bonchev–Trinajstić information content (AvgIpc) is 2.78. The maximum atomic E-state index is 12.8. The smallest absolute Gasteiger partial charge is 0.408 e. The van der Waals surface area contributed by atoms with Crippen LogP contribution < -0.4 is 10.6 Å². The number of Topliss-reactive ketones (excluding diaryl/α,β-unsaturated/α-hetero) is 1. The quantitative estimate of drug-likeness (QED) is 0.0987. The Morgan fingerprint density at radius 1 is 0.789 bits per heavy atom. The molecule has 220 valence electrons. The average molecular weight is 546 g/mol. The standard InChI is InChI=1S/C25H47N5O8/c1-24(2,3)37-22(32)27-12-8-7-10-20(29-23(33)38-25(4,5)6)21(31)11-9-14-34-16-18-36-19-17-35-15-13-28-30-26/h20H,7-19H2,1-6H3,(H,27,32)(H,29,33)/t20-/m0/s1. The van der Waals surface area contributed by atoms with E-state index in [0.717, 1.165) is 0 Å². The van der Waals surface area contributed by atoms with Crippen molar-refractivity contribution < 1.29 is 38.1 Å². The van der Waals surface area contributed by atoms with Crippen molar-refractivity contribution in [1.29, 1.82) is 0 Å². The number of carbonyl (C=O) groups is 3. The maximum Gasteiger partial charge on any atom is 0.408 e. The molecule has 0 saturated carbocycles. The molecule has 0 unspecified atom stereocenters. The van der Waals surface area contributed by atoms with Crippen LogP contribution in [0.1, 0.15) is 73.6 Å². The second-order valence-corrected chi connectivity index (χ2v) is 10.5. The zero-order valence-corrected chi connectivity index (χ0v) is 23.9. The number of hydrogen-bond donors (Lipinski definition) is 2. The summed E-state index contributed by atoms with van der Waals surface area (Å²) in [5.74, 6) is -0.103. The van der Waals surface area contributed by atoms with Gasteiger partial charge in [-0.05, 0) is 72.8 Å². The highest BCUT2D eigenvalue weighted by Crippen LogP contribution is 2.11. The van der Waals surface area contributed by atoms with E-state index >= 15 is 0 Å². The molecule has 0 aliphatic carbocycles. The first-order valence-corrected chi connectivity index (χ1v) is 13.1. The van der Waals surface area contributed by atoms with E-state index in [1.807, 2.05) is 0 Å². The summed E-state index contributed by atoms with van der Waals surface area (Å²) in [6.07, 6.45) is 1.29. The third-order valence-corrected chi connectivity index (χ3v) is 4.52. The van der Waals surface area contributed by atoms with Crippen LogP contribution in [-0.2, 0) is 28.5 Å². The topological polar surface area (TPSA) is 170 Å². The van der Waals surface area contributed by atoms with Gasteiger partial charge in [0, 0.05) is 31.0 Å². The number of rotatable bonds is 20. The van der Waals surface area contributed by atoms with Crippen LogP contribution in [0.25, 0.3) is 10.4 Å². The molecule has 13 nitrogen and oxygen atoms in total. The summed E-state index contributed by atoms with van der Waals surface area (Å²) < 4.78 is 26.6. The molecule has 0 aliphatic rings. The number of alkyl carbamates (subject to hydrolysis) is 2. The zero-order chi connectivity index (χ0) is 28.9. The number of nitrogens with one attached hydrogen (secondary N) is 2. The zero-order valence-electron chi connectivity index (χ0n) is 23.9. The number of unbranched alkanes of at least 4 members (excludes halogenated alkanes) is 1. The summed E-state index contributed by atoms with van der Waals surface area (Å²) >= 11 is 0. The molecule has 0 bridgehead atoms. The SMILES string of the molecule is CC(C)(C)OC(=O)NCCCC[C@H](NC(=O)OC(C)(C)C)C(=O)CCCOCCOCCOCCN=[N+]=[N-]. The van der Waals surface area contributed by atoms with Crippen molar-refractivity contribution in [2.24, 2.45) is 5.11 Å². The normalized spacial score (nSPS) is 12.3. The van der Waals surface area contributed by atoms with Gasteiger partial charge >= 0.3 is 12.2 Å². The molecule has 13 heteroatoms. The van der Waals surface area contributed by atoms with Gasteiger partial charge in [-0.3, -0.25) is 4.79 Å². The van der Waals surface area contributed by atoms with E-state index in [1.54, 1.807) is 41.5 Å². The monoisotopic (exact) mass is 545 g/mol. The number of ketones is 1. The van der Waals surface area contributed by atoms with Crippen LogP contribution in [0.2, 0.25) is 0 Å². The van der Waals surface area contributed by atoms with Gasteiger partial charge in [-0.25, -0.2) is 9.59 Å². The van der Waals surface area contributed by atoms with Crippen molar-refractivity contribution in [2.45, 2.75) is 90.9 Å². The molecule has 0 fully saturated rings. The van der Waals surface area contributed by atoms with Crippen LogP contribution in [-0.4, -0.2) is 87.9 Å². The molecule has 0 spiro atoms. The van der Waals surface area contributed by atoms with E-state index < -0.39 is 29.4 Å². The Balaban J connectivity index is 4.27. The Kier molecular flexibility index (Phi) is 19.0. The first kappa shape index (κ1) is 35.4. The highest BCUT2D eigenvalue weighted by Gasteiger charge is 2.24. The van der Waals surface area contributed by atoms with E-state index in [-0.39, 0.29) is 18.7 Å². The predicted molar refractivity (Wildman–Crippen MR) is 142 cm³/mol. The lowest BCUT2D eigenvalue weighted by molar-refractivity contribution is -0.121. The Labute approximate surface area is 226 Å². The van der Waals surface area contributed by atoms with Gasteiger partial charge in [-0.15, -0.1) is 0 Å². The van der Waals surface area contributed by atoms with Gasteiger partial charge in [0.1, 0.15) is 11.2 Å². The number of hydrogen-bond acceptors (Lipinski definition) is 9. The molecule has 0 saturated heterocycles. The fourth-order valence-corrected chi connectivity index (χ4v) is 2.96. The summed E-state index contributed by atoms with van der Waals surface area (Å²) in [6, 6.07) is -0.687. The Bertz CT molecular complexity index is 730. The third kappa shape index (κ3) is 23.8. The molecule has 0 aliphatic heterocycles. The number of nitrogens with zero attached hydrogens (tertiary/aromatic N) is 3. The summed E-state index contributed by atoms with van der Waals surface area (Å²) in [7, 11) is 0. The van der Waals surface area contributed by atoms with Crippen molar-refractivity contribution in [3.63, 3.8) is 0 Å². The lowest BCUT2D eigenvalue weighted by atomic mass is 10.0. The minimum atomic E-state index is -0.687. The van der Waals surface area contributed by atoms with Crippen LogP contribution in [0.15, 0.2) is 5.11 Å². The van der Waals surface area contributed by atoms with Crippen LogP contribution >= 0.6 is 0 Å². The molecule has 1 atom stereocenters. The largest absolute Gasteiger partial charge is 0.444 e. The lowest BCUT2D eigenvalue weighted by Crippen LogP contribution is -2.43. The minimum Gasteiger partial charge on any atom is -0.444 e. The van der Waals surface area contributed by atoms with Crippen molar-refractivity contribution >= 4 is 18.0 Å². The minimum absolute atomic E-state index is 0.103. The van der Waals surface area contributed by atoms with E-state index in [4.69, 9.17) is 29.2 Å². The molecule has 0 aromatic rings. The van der Waals surface area contributed by atoms with Gasteiger partial charge in [-0.2, -0.15) is 0 Å². The summed E-state index contributed by atoms with van der Waals surface area (Å²) in [5, 5.41) is 8.73. The van der Waals surface area contributed by atoms with Gasteiger partial charge in [0.2, 0.25) is 0 Å². The van der Waals surface area contributed by atoms with E-state index in [9.17, 15) is 14.4 Å². The van der Waals surface area contributed by atoms with Crippen LogP contribution in [0.5, 0.6) is 0 Å². The van der Waals surface area contributed by atoms with Gasteiger partial charge < -0.3 is 34.3 Å².